The summed E-state index contributed by atoms with van der Waals surface area (Å²) in [6.07, 6.45) is 3.81. The molecule has 1 aliphatic rings. The second kappa shape index (κ2) is 7.31. The van der Waals surface area contributed by atoms with Gasteiger partial charge in [0.1, 0.15) is 11.5 Å². The van der Waals surface area contributed by atoms with Gasteiger partial charge in [-0.1, -0.05) is 20.8 Å². The van der Waals surface area contributed by atoms with Gasteiger partial charge in [0.15, 0.2) is 0 Å². The van der Waals surface area contributed by atoms with Crippen molar-refractivity contribution in [2.45, 2.75) is 51.5 Å². The summed E-state index contributed by atoms with van der Waals surface area (Å²) in [5.74, 6) is 0.819. The Morgan fingerprint density at radius 1 is 1.44 bits per heavy atom. The van der Waals surface area contributed by atoms with Gasteiger partial charge in [-0.2, -0.15) is 5.10 Å². The summed E-state index contributed by atoms with van der Waals surface area (Å²) >= 11 is 0. The lowest BCUT2D eigenvalue weighted by atomic mass is 9.92. The van der Waals surface area contributed by atoms with Crippen LogP contribution in [-0.4, -0.2) is 39.3 Å². The Morgan fingerprint density at radius 3 is 2.96 bits per heavy atom. The van der Waals surface area contributed by atoms with Crippen LogP contribution in [0, 0.1) is 0 Å². The standard InChI is InChI=1S/C18H25N5O2/c1-18(2,3)15-9-14(22-23-15)17(24)20-10-13-6-7-19-16(21-13)12-5-4-8-25-11-12/h6-7,9,12H,4-5,8,10-11H2,1-3H3,(H,20,24)(H,22,23). The zero-order valence-electron chi connectivity index (χ0n) is 15.0. The lowest BCUT2D eigenvalue weighted by Crippen LogP contribution is -2.24. The predicted molar refractivity (Wildman–Crippen MR) is 93.3 cm³/mol. The number of carbonyl (C=O) groups is 1. The van der Waals surface area contributed by atoms with Crippen molar-refractivity contribution in [2.75, 3.05) is 13.2 Å². The van der Waals surface area contributed by atoms with E-state index in [1.54, 1.807) is 12.3 Å². The van der Waals surface area contributed by atoms with Gasteiger partial charge >= 0.3 is 0 Å². The van der Waals surface area contributed by atoms with Gasteiger partial charge in [-0.3, -0.25) is 9.89 Å². The molecule has 1 fully saturated rings. The fraction of sp³-hybridized carbons (Fsp3) is 0.556. The molecule has 3 rings (SSSR count). The van der Waals surface area contributed by atoms with E-state index >= 15 is 0 Å². The van der Waals surface area contributed by atoms with Gasteiger partial charge in [0.05, 0.1) is 18.8 Å². The number of ether oxygens (including phenoxy) is 1. The molecule has 0 radical (unpaired) electrons. The largest absolute Gasteiger partial charge is 0.381 e. The van der Waals surface area contributed by atoms with Gasteiger partial charge in [-0.25, -0.2) is 9.97 Å². The summed E-state index contributed by atoms with van der Waals surface area (Å²) in [7, 11) is 0. The van der Waals surface area contributed by atoms with Gasteiger partial charge < -0.3 is 10.1 Å². The van der Waals surface area contributed by atoms with Crippen LogP contribution in [0.25, 0.3) is 0 Å². The van der Waals surface area contributed by atoms with Crippen LogP contribution in [0.1, 0.15) is 67.2 Å². The van der Waals surface area contributed by atoms with E-state index < -0.39 is 0 Å². The first-order chi connectivity index (χ1) is 11.9. The third-order valence-electron chi connectivity index (χ3n) is 4.31. The highest BCUT2D eigenvalue weighted by Gasteiger charge is 2.20. The molecule has 0 bridgehead atoms. The molecule has 2 N–H and O–H groups in total. The summed E-state index contributed by atoms with van der Waals surface area (Å²) in [6, 6.07) is 3.61. The number of H-pyrrole nitrogens is 1. The Morgan fingerprint density at radius 2 is 2.28 bits per heavy atom. The first-order valence-corrected chi connectivity index (χ1v) is 8.67. The van der Waals surface area contributed by atoms with E-state index in [1.807, 2.05) is 6.07 Å². The molecule has 2 aromatic rings. The molecular weight excluding hydrogens is 318 g/mol. The van der Waals surface area contributed by atoms with Crippen molar-refractivity contribution >= 4 is 5.91 Å². The van der Waals surface area contributed by atoms with Gasteiger partial charge in [-0.05, 0) is 25.0 Å². The molecule has 1 amide bonds. The van der Waals surface area contributed by atoms with Crippen molar-refractivity contribution < 1.29 is 9.53 Å². The van der Waals surface area contributed by atoms with Crippen LogP contribution >= 0.6 is 0 Å². The minimum absolute atomic E-state index is 0.0743. The second-order valence-corrected chi connectivity index (χ2v) is 7.42. The van der Waals surface area contributed by atoms with Crippen molar-refractivity contribution in [3.8, 4) is 0 Å². The second-order valence-electron chi connectivity index (χ2n) is 7.42. The smallest absolute Gasteiger partial charge is 0.272 e. The number of aromatic amines is 1. The minimum atomic E-state index is -0.215. The maximum absolute atomic E-state index is 12.3. The molecule has 3 heterocycles. The molecule has 1 saturated heterocycles. The van der Waals surface area contributed by atoms with Crippen LogP contribution in [0.2, 0.25) is 0 Å². The van der Waals surface area contributed by atoms with Crippen LogP contribution in [0.3, 0.4) is 0 Å². The first-order valence-electron chi connectivity index (χ1n) is 8.67. The monoisotopic (exact) mass is 343 g/mol. The number of amides is 1. The molecule has 25 heavy (non-hydrogen) atoms. The number of hydrogen-bond donors (Lipinski definition) is 2. The van der Waals surface area contributed by atoms with Crippen molar-refractivity contribution in [3.05, 3.63) is 41.2 Å². The number of nitrogens with one attached hydrogen (secondary N) is 2. The highest BCUT2D eigenvalue weighted by Crippen LogP contribution is 2.22. The Bertz CT molecular complexity index is 729. The van der Waals surface area contributed by atoms with E-state index in [-0.39, 0.29) is 17.2 Å². The average molecular weight is 343 g/mol. The van der Waals surface area contributed by atoms with Crippen molar-refractivity contribution in [1.29, 1.82) is 0 Å². The Balaban J connectivity index is 1.61. The molecule has 1 aliphatic heterocycles. The Kier molecular flexibility index (Phi) is 5.13. The third-order valence-corrected chi connectivity index (χ3v) is 4.31. The van der Waals surface area contributed by atoms with Gasteiger partial charge in [0.25, 0.3) is 5.91 Å². The molecule has 7 heteroatoms. The molecular formula is C18H25N5O2. The molecule has 0 aromatic carbocycles. The SMILES string of the molecule is CC(C)(C)c1cc(C(=O)NCc2ccnc(C3CCCOC3)n2)n[nH]1. The van der Waals surface area contributed by atoms with E-state index in [4.69, 9.17) is 4.74 Å². The number of aromatic nitrogens is 4. The van der Waals surface area contributed by atoms with Gasteiger partial charge in [0.2, 0.25) is 0 Å². The van der Waals surface area contributed by atoms with Crippen LogP contribution in [0.15, 0.2) is 18.3 Å². The summed E-state index contributed by atoms with van der Waals surface area (Å²) < 4.78 is 5.50. The fourth-order valence-corrected chi connectivity index (χ4v) is 2.74. The zero-order chi connectivity index (χ0) is 17.9. The molecule has 0 saturated carbocycles. The molecule has 0 spiro atoms. The quantitative estimate of drug-likeness (QED) is 0.889. The lowest BCUT2D eigenvalue weighted by molar-refractivity contribution is 0.0779. The summed E-state index contributed by atoms with van der Waals surface area (Å²) in [5.41, 5.74) is 2.03. The normalized spacial score (nSPS) is 18.1. The highest BCUT2D eigenvalue weighted by atomic mass is 16.5. The van der Waals surface area contributed by atoms with Crippen molar-refractivity contribution in [2.24, 2.45) is 0 Å². The minimum Gasteiger partial charge on any atom is -0.381 e. The van der Waals surface area contributed by atoms with Gasteiger partial charge in [-0.15, -0.1) is 0 Å². The van der Waals surface area contributed by atoms with Crippen molar-refractivity contribution in [3.63, 3.8) is 0 Å². The molecule has 0 aliphatic carbocycles. The van der Waals surface area contributed by atoms with E-state index in [9.17, 15) is 4.79 Å². The first kappa shape index (κ1) is 17.5. The fourth-order valence-electron chi connectivity index (χ4n) is 2.74. The zero-order valence-corrected chi connectivity index (χ0v) is 15.0. The number of carbonyl (C=O) groups excluding carboxylic acids is 1. The maximum atomic E-state index is 12.3. The average Bonchev–Trinajstić information content (AvgIpc) is 3.11. The lowest BCUT2D eigenvalue weighted by Gasteiger charge is -2.20. The van der Waals surface area contributed by atoms with Crippen LogP contribution in [-0.2, 0) is 16.7 Å². The molecule has 2 aromatic heterocycles. The highest BCUT2D eigenvalue weighted by molar-refractivity contribution is 5.92. The van der Waals surface area contributed by atoms with Crippen LogP contribution < -0.4 is 5.32 Å². The third kappa shape index (κ3) is 4.42. The molecule has 134 valence electrons. The number of hydrogen-bond acceptors (Lipinski definition) is 5. The summed E-state index contributed by atoms with van der Waals surface area (Å²) in [6.45, 7) is 8.03. The van der Waals surface area contributed by atoms with E-state index in [2.05, 4.69) is 46.3 Å². The van der Waals surface area contributed by atoms with E-state index in [0.717, 1.165) is 36.7 Å². The van der Waals surface area contributed by atoms with Crippen LogP contribution in [0.4, 0.5) is 0 Å². The molecule has 7 nitrogen and oxygen atoms in total. The van der Waals surface area contributed by atoms with Crippen molar-refractivity contribution in [1.82, 2.24) is 25.5 Å². The topological polar surface area (TPSA) is 92.8 Å². The number of nitrogens with zero attached hydrogens (tertiary/aromatic N) is 3. The number of rotatable bonds is 4. The summed E-state index contributed by atoms with van der Waals surface area (Å²) in [5, 5.41) is 9.89. The van der Waals surface area contributed by atoms with E-state index in [1.165, 1.54) is 0 Å². The molecule has 1 unspecified atom stereocenters. The summed E-state index contributed by atoms with van der Waals surface area (Å²) in [4.78, 5) is 21.2. The Labute approximate surface area is 147 Å². The maximum Gasteiger partial charge on any atom is 0.272 e. The van der Waals surface area contributed by atoms with Crippen LogP contribution in [0.5, 0.6) is 0 Å². The predicted octanol–water partition coefficient (Wildman–Crippen LogP) is 2.32. The van der Waals surface area contributed by atoms with Gasteiger partial charge in [0, 0.05) is 29.8 Å². The van der Waals surface area contributed by atoms with E-state index in [0.29, 0.717) is 18.8 Å². The Hall–Kier alpha value is -2.28. The molecule has 1 atom stereocenters.